The van der Waals surface area contributed by atoms with Crippen LogP contribution in [0.5, 0.6) is 0 Å². The van der Waals surface area contributed by atoms with E-state index in [4.69, 9.17) is 0 Å². The molecule has 0 unspecified atom stereocenters. The Hall–Kier alpha value is -1.65. The van der Waals surface area contributed by atoms with E-state index >= 15 is 0 Å². The van der Waals surface area contributed by atoms with Gasteiger partial charge in [-0.05, 0) is 37.8 Å². The van der Waals surface area contributed by atoms with Gasteiger partial charge in [-0.3, -0.25) is 4.79 Å². The van der Waals surface area contributed by atoms with Crippen LogP contribution in [0.25, 0.3) is 0 Å². The predicted octanol–water partition coefficient (Wildman–Crippen LogP) is 0.969. The third-order valence-electron chi connectivity index (χ3n) is 3.23. The van der Waals surface area contributed by atoms with Crippen molar-refractivity contribution in [2.75, 3.05) is 18.0 Å². The number of carbonyl (C=O) groups is 1. The van der Waals surface area contributed by atoms with Crippen molar-refractivity contribution < 1.29 is 4.79 Å². The van der Waals surface area contributed by atoms with Crippen LogP contribution < -0.4 is 10.2 Å². The number of anilines is 1. The first-order chi connectivity index (χ1) is 8.33. The lowest BCUT2D eigenvalue weighted by Gasteiger charge is -2.15. The third kappa shape index (κ3) is 2.38. The fourth-order valence-electron chi connectivity index (χ4n) is 2.05. The Labute approximate surface area is 100 Å². The summed E-state index contributed by atoms with van der Waals surface area (Å²) >= 11 is 0. The molecular formula is C12H16N4O. The largest absolute Gasteiger partial charge is 0.355 e. The molecule has 1 aromatic heterocycles. The zero-order chi connectivity index (χ0) is 11.7. The molecule has 3 rings (SSSR count). The monoisotopic (exact) mass is 232 g/mol. The van der Waals surface area contributed by atoms with E-state index in [2.05, 4.69) is 20.4 Å². The Morgan fingerprint density at radius 3 is 2.59 bits per heavy atom. The number of nitrogens with zero attached hydrogens (tertiary/aromatic N) is 3. The molecule has 5 nitrogen and oxygen atoms in total. The van der Waals surface area contributed by atoms with E-state index in [-0.39, 0.29) is 5.91 Å². The third-order valence-corrected chi connectivity index (χ3v) is 3.23. The van der Waals surface area contributed by atoms with Crippen molar-refractivity contribution in [1.29, 1.82) is 0 Å². The highest BCUT2D eigenvalue weighted by Crippen LogP contribution is 2.19. The number of aromatic nitrogens is 2. The smallest absolute Gasteiger partial charge is 0.272 e. The number of hydrogen-bond acceptors (Lipinski definition) is 4. The summed E-state index contributed by atoms with van der Waals surface area (Å²) in [5.41, 5.74) is 0.417. The second-order valence-electron chi connectivity index (χ2n) is 4.72. The topological polar surface area (TPSA) is 58.1 Å². The maximum absolute atomic E-state index is 11.7. The second-order valence-corrected chi connectivity index (χ2v) is 4.72. The minimum atomic E-state index is -0.104. The number of hydrogen-bond donors (Lipinski definition) is 1. The normalized spacial score (nSPS) is 19.4. The van der Waals surface area contributed by atoms with Crippen molar-refractivity contribution >= 4 is 11.7 Å². The van der Waals surface area contributed by atoms with Gasteiger partial charge in [0.05, 0.1) is 0 Å². The fraction of sp³-hybridized carbons (Fsp3) is 0.583. The van der Waals surface area contributed by atoms with Gasteiger partial charge in [0.25, 0.3) is 5.91 Å². The van der Waals surface area contributed by atoms with Gasteiger partial charge in [0, 0.05) is 19.1 Å². The van der Waals surface area contributed by atoms with Gasteiger partial charge in [-0.1, -0.05) is 0 Å². The molecule has 90 valence electrons. The number of rotatable bonds is 3. The van der Waals surface area contributed by atoms with E-state index in [0.717, 1.165) is 31.7 Å². The van der Waals surface area contributed by atoms with Crippen molar-refractivity contribution in [2.45, 2.75) is 31.7 Å². The Morgan fingerprint density at radius 1 is 1.24 bits per heavy atom. The Kier molecular flexibility index (Phi) is 2.66. The summed E-state index contributed by atoms with van der Waals surface area (Å²) in [4.78, 5) is 13.9. The average Bonchev–Trinajstić information content (AvgIpc) is 3.00. The van der Waals surface area contributed by atoms with Crippen LogP contribution in [0.15, 0.2) is 12.1 Å². The molecule has 1 aromatic rings. The lowest BCUT2D eigenvalue weighted by Crippen LogP contribution is -2.27. The lowest BCUT2D eigenvalue weighted by atomic mass is 10.3. The molecule has 0 aromatic carbocycles. The van der Waals surface area contributed by atoms with Gasteiger partial charge in [-0.2, -0.15) is 0 Å². The Bertz CT molecular complexity index is 407. The summed E-state index contributed by atoms with van der Waals surface area (Å²) in [7, 11) is 0. The van der Waals surface area contributed by atoms with Gasteiger partial charge in [0.1, 0.15) is 0 Å². The highest BCUT2D eigenvalue weighted by atomic mass is 16.2. The SMILES string of the molecule is O=C(NC1CC1)c1ccc(N2CCCC2)nn1. The fourth-order valence-corrected chi connectivity index (χ4v) is 2.05. The lowest BCUT2D eigenvalue weighted by molar-refractivity contribution is 0.0945. The molecule has 17 heavy (non-hydrogen) atoms. The molecule has 1 N–H and O–H groups in total. The summed E-state index contributed by atoms with van der Waals surface area (Å²) in [5, 5.41) is 11.0. The molecule has 2 fully saturated rings. The van der Waals surface area contributed by atoms with Gasteiger partial charge < -0.3 is 10.2 Å². The highest BCUT2D eigenvalue weighted by Gasteiger charge is 2.24. The van der Waals surface area contributed by atoms with E-state index in [1.54, 1.807) is 6.07 Å². The number of amides is 1. The standard InChI is InChI=1S/C12H16N4O/c17-12(13-9-3-4-9)10-5-6-11(15-14-10)16-7-1-2-8-16/h5-6,9H,1-4,7-8H2,(H,13,17). The first kappa shape index (κ1) is 10.5. The zero-order valence-corrected chi connectivity index (χ0v) is 9.72. The van der Waals surface area contributed by atoms with Gasteiger partial charge in [0.2, 0.25) is 0 Å². The summed E-state index contributed by atoms with van der Waals surface area (Å²) in [5.74, 6) is 0.776. The maximum Gasteiger partial charge on any atom is 0.272 e. The van der Waals surface area contributed by atoms with Crippen LogP contribution in [0.2, 0.25) is 0 Å². The summed E-state index contributed by atoms with van der Waals surface area (Å²) in [6.45, 7) is 2.09. The quantitative estimate of drug-likeness (QED) is 0.843. The van der Waals surface area contributed by atoms with Crippen LogP contribution in [0.4, 0.5) is 5.82 Å². The summed E-state index contributed by atoms with van der Waals surface area (Å²) in [6.07, 6.45) is 4.60. The van der Waals surface area contributed by atoms with Crippen molar-refractivity contribution in [3.63, 3.8) is 0 Å². The van der Waals surface area contributed by atoms with Gasteiger partial charge in [-0.15, -0.1) is 10.2 Å². The molecule has 0 bridgehead atoms. The molecule has 0 atom stereocenters. The summed E-state index contributed by atoms with van der Waals surface area (Å²) in [6, 6.07) is 4.01. The zero-order valence-electron chi connectivity index (χ0n) is 9.72. The minimum absolute atomic E-state index is 0.104. The first-order valence-corrected chi connectivity index (χ1v) is 6.22. The van der Waals surface area contributed by atoms with Gasteiger partial charge in [-0.25, -0.2) is 0 Å². The van der Waals surface area contributed by atoms with Gasteiger partial charge >= 0.3 is 0 Å². The van der Waals surface area contributed by atoms with E-state index < -0.39 is 0 Å². The van der Waals surface area contributed by atoms with E-state index in [9.17, 15) is 4.79 Å². The molecular weight excluding hydrogens is 216 g/mol. The van der Waals surface area contributed by atoms with E-state index in [0.29, 0.717) is 11.7 Å². The summed E-state index contributed by atoms with van der Waals surface area (Å²) < 4.78 is 0. The van der Waals surface area contributed by atoms with Crippen LogP contribution in [0.3, 0.4) is 0 Å². The second kappa shape index (κ2) is 4.31. The van der Waals surface area contributed by atoms with Crippen LogP contribution in [-0.2, 0) is 0 Å². The van der Waals surface area contributed by atoms with Crippen molar-refractivity contribution in [2.24, 2.45) is 0 Å². The van der Waals surface area contributed by atoms with Crippen LogP contribution >= 0.6 is 0 Å². The van der Waals surface area contributed by atoms with Crippen LogP contribution in [-0.4, -0.2) is 35.2 Å². The Morgan fingerprint density at radius 2 is 2.00 bits per heavy atom. The molecule has 0 radical (unpaired) electrons. The molecule has 0 spiro atoms. The van der Waals surface area contributed by atoms with Crippen LogP contribution in [0, 0.1) is 0 Å². The molecule has 1 saturated carbocycles. The molecule has 1 aliphatic carbocycles. The molecule has 2 heterocycles. The Balaban J connectivity index is 1.67. The molecule has 5 heteroatoms. The average molecular weight is 232 g/mol. The number of carbonyl (C=O) groups excluding carboxylic acids is 1. The molecule has 1 saturated heterocycles. The molecule has 1 amide bonds. The maximum atomic E-state index is 11.7. The highest BCUT2D eigenvalue weighted by molar-refractivity contribution is 5.92. The van der Waals surface area contributed by atoms with E-state index in [1.165, 1.54) is 12.8 Å². The minimum Gasteiger partial charge on any atom is -0.355 e. The predicted molar refractivity (Wildman–Crippen MR) is 64.0 cm³/mol. The first-order valence-electron chi connectivity index (χ1n) is 6.22. The molecule has 1 aliphatic heterocycles. The van der Waals surface area contributed by atoms with Gasteiger partial charge in [0.15, 0.2) is 11.5 Å². The number of nitrogens with one attached hydrogen (secondary N) is 1. The van der Waals surface area contributed by atoms with Crippen molar-refractivity contribution in [1.82, 2.24) is 15.5 Å². The van der Waals surface area contributed by atoms with Crippen molar-refractivity contribution in [3.8, 4) is 0 Å². The van der Waals surface area contributed by atoms with E-state index in [1.807, 2.05) is 6.07 Å². The van der Waals surface area contributed by atoms with Crippen molar-refractivity contribution in [3.05, 3.63) is 17.8 Å². The van der Waals surface area contributed by atoms with Crippen LogP contribution in [0.1, 0.15) is 36.2 Å². The molecule has 2 aliphatic rings.